The largest absolute Gasteiger partial charge is 0.489 e. The summed E-state index contributed by atoms with van der Waals surface area (Å²) in [4.78, 5) is 38.0. The Balaban J connectivity index is 0.00000481. The number of carboxylic acid groups (broad SMARTS) is 1. The second kappa shape index (κ2) is 13.7. The molecule has 37 heavy (non-hydrogen) atoms. The van der Waals surface area contributed by atoms with Crippen LogP contribution in [0.1, 0.15) is 50.3 Å². The molecule has 1 aliphatic heterocycles. The van der Waals surface area contributed by atoms with E-state index in [1.54, 1.807) is 12.1 Å². The third-order valence-corrected chi connectivity index (χ3v) is 6.15. The van der Waals surface area contributed by atoms with Crippen molar-refractivity contribution in [3.63, 3.8) is 0 Å². The van der Waals surface area contributed by atoms with Gasteiger partial charge in [0.1, 0.15) is 12.4 Å². The number of carbonyl (C=O) groups excluding carboxylic acids is 2. The van der Waals surface area contributed by atoms with Gasteiger partial charge in [-0.15, -0.1) is 12.4 Å². The van der Waals surface area contributed by atoms with Crippen molar-refractivity contribution in [2.24, 2.45) is 5.92 Å². The van der Waals surface area contributed by atoms with Crippen molar-refractivity contribution in [2.45, 2.75) is 45.7 Å². The number of aliphatic carboxylic acids is 1. The minimum atomic E-state index is -1.05. The van der Waals surface area contributed by atoms with Gasteiger partial charge in [-0.3, -0.25) is 24.2 Å². The highest BCUT2D eigenvalue weighted by Crippen LogP contribution is 2.30. The Kier molecular flexibility index (Phi) is 11.3. The van der Waals surface area contributed by atoms with Gasteiger partial charge >= 0.3 is 5.97 Å². The first-order chi connectivity index (χ1) is 17.0. The van der Waals surface area contributed by atoms with Gasteiger partial charge in [0.05, 0.1) is 18.0 Å². The van der Waals surface area contributed by atoms with E-state index in [0.29, 0.717) is 17.7 Å². The van der Waals surface area contributed by atoms with Gasteiger partial charge < -0.3 is 9.84 Å². The Morgan fingerprint density at radius 1 is 1.11 bits per heavy atom. The van der Waals surface area contributed by atoms with Gasteiger partial charge in [-0.05, 0) is 41.3 Å². The highest BCUT2D eigenvalue weighted by atomic mass is 35.5. The number of nitrogens with zero attached hydrogens (tertiary/aromatic N) is 2. The van der Waals surface area contributed by atoms with E-state index in [4.69, 9.17) is 16.3 Å². The number of amides is 2. The van der Waals surface area contributed by atoms with Crippen LogP contribution in [-0.4, -0.2) is 52.4 Å². The van der Waals surface area contributed by atoms with Gasteiger partial charge in [-0.2, -0.15) is 0 Å². The smallest absolute Gasteiger partial charge is 0.305 e. The number of imide groups is 1. The van der Waals surface area contributed by atoms with E-state index < -0.39 is 23.6 Å². The molecule has 0 bridgehead atoms. The zero-order valence-electron chi connectivity index (χ0n) is 20.6. The second-order valence-corrected chi connectivity index (χ2v) is 9.57. The van der Waals surface area contributed by atoms with Crippen LogP contribution in [-0.2, 0) is 20.9 Å². The molecule has 0 saturated carbocycles. The average Bonchev–Trinajstić information content (AvgIpc) is 3.12. The molecule has 7 nitrogen and oxygen atoms in total. The predicted molar refractivity (Wildman–Crippen MR) is 137 cm³/mol. The normalized spacial score (nSPS) is 14.3. The Hall–Kier alpha value is -2.75. The minimum absolute atomic E-state index is 0. The summed E-state index contributed by atoms with van der Waals surface area (Å²) in [5.74, 6) is -2.70. The van der Waals surface area contributed by atoms with Crippen molar-refractivity contribution in [3.8, 4) is 5.75 Å². The molecule has 0 radical (unpaired) electrons. The first kappa shape index (κ1) is 30.5. The van der Waals surface area contributed by atoms with Crippen LogP contribution in [0.15, 0.2) is 36.4 Å². The van der Waals surface area contributed by atoms with Crippen molar-refractivity contribution >= 4 is 41.8 Å². The van der Waals surface area contributed by atoms with Crippen LogP contribution in [0.2, 0.25) is 5.02 Å². The number of likely N-dealkylation sites (tertiary alicyclic amines) is 1. The molecule has 0 spiro atoms. The molecule has 202 valence electrons. The summed E-state index contributed by atoms with van der Waals surface area (Å²) >= 11 is 5.81. The third kappa shape index (κ3) is 8.38. The number of hydrogen-bond acceptors (Lipinski definition) is 5. The lowest BCUT2D eigenvalue weighted by Gasteiger charge is -2.33. The summed E-state index contributed by atoms with van der Waals surface area (Å²) in [5, 5.41) is 9.47. The Morgan fingerprint density at radius 2 is 1.78 bits per heavy atom. The summed E-state index contributed by atoms with van der Waals surface area (Å²) in [7, 11) is 0. The molecule has 2 amide bonds. The highest BCUT2D eigenvalue weighted by Gasteiger charge is 2.29. The maximum Gasteiger partial charge on any atom is 0.305 e. The topological polar surface area (TPSA) is 87.2 Å². The first-order valence-electron chi connectivity index (χ1n) is 11.7. The average molecular weight is 559 g/mol. The van der Waals surface area contributed by atoms with Gasteiger partial charge in [-0.1, -0.05) is 37.6 Å². The fourth-order valence-corrected chi connectivity index (χ4v) is 4.34. The Morgan fingerprint density at radius 3 is 2.35 bits per heavy atom. The number of halogens is 4. The van der Waals surface area contributed by atoms with E-state index in [9.17, 15) is 28.3 Å². The van der Waals surface area contributed by atoms with E-state index in [1.165, 1.54) is 24.3 Å². The van der Waals surface area contributed by atoms with Crippen LogP contribution in [0.3, 0.4) is 0 Å². The zero-order valence-corrected chi connectivity index (χ0v) is 22.2. The summed E-state index contributed by atoms with van der Waals surface area (Å²) in [6.45, 7) is 4.67. The van der Waals surface area contributed by atoms with Crippen molar-refractivity contribution in [3.05, 3.63) is 64.2 Å². The van der Waals surface area contributed by atoms with Gasteiger partial charge in [-0.25, -0.2) is 8.78 Å². The molecule has 0 aromatic heterocycles. The lowest BCUT2D eigenvalue weighted by atomic mass is 9.99. The van der Waals surface area contributed by atoms with Gasteiger partial charge in [0.15, 0.2) is 11.6 Å². The number of carbonyl (C=O) groups is 3. The number of ether oxygens (including phenoxy) is 1. The molecule has 0 unspecified atom stereocenters. The monoisotopic (exact) mass is 558 g/mol. The molecular formula is C26H30Cl2F2N2O5. The van der Waals surface area contributed by atoms with Crippen molar-refractivity contribution in [1.82, 2.24) is 9.80 Å². The van der Waals surface area contributed by atoms with E-state index in [2.05, 4.69) is 0 Å². The van der Waals surface area contributed by atoms with Crippen molar-refractivity contribution in [2.75, 3.05) is 19.7 Å². The molecule has 2 aromatic carbocycles. The molecule has 1 saturated heterocycles. The molecule has 2 aromatic rings. The highest BCUT2D eigenvalue weighted by molar-refractivity contribution is 6.30. The summed E-state index contributed by atoms with van der Waals surface area (Å²) in [6, 6.07) is 7.99. The summed E-state index contributed by atoms with van der Waals surface area (Å²) in [5.41, 5.74) is 1.04. The maximum absolute atomic E-state index is 14.8. The van der Waals surface area contributed by atoms with Crippen LogP contribution in [0.4, 0.5) is 8.78 Å². The number of benzene rings is 2. The standard InChI is InChI=1S/C26H29ClF2N2O5.ClH/c1-16(2)14-30(22(13-26(34)35)18-4-5-19(27)20(28)12-18)15-17-3-6-23(21(29)11-17)36-10-9-31-24(32)7-8-25(31)33;/h3-6,11-12,16,22H,7-10,13-15H2,1-2H3,(H,34,35);1H/t22-;/m0./s1. The van der Waals surface area contributed by atoms with E-state index >= 15 is 0 Å². The number of rotatable bonds is 12. The SMILES string of the molecule is CC(C)CN(Cc1ccc(OCCN2C(=O)CCC2=O)c(F)c1)[C@@H](CC(=O)O)c1ccc(Cl)c(F)c1.Cl. The molecule has 1 atom stereocenters. The molecule has 1 aliphatic rings. The van der Waals surface area contributed by atoms with Crippen molar-refractivity contribution < 1.29 is 33.0 Å². The Labute approximate surface area is 225 Å². The van der Waals surface area contributed by atoms with Crippen LogP contribution in [0.25, 0.3) is 0 Å². The first-order valence-corrected chi connectivity index (χ1v) is 12.1. The Bertz CT molecular complexity index is 1120. The van der Waals surface area contributed by atoms with Gasteiger partial charge in [0.2, 0.25) is 11.8 Å². The molecule has 1 fully saturated rings. The quantitative estimate of drug-likeness (QED) is 0.358. The minimum Gasteiger partial charge on any atom is -0.489 e. The lowest BCUT2D eigenvalue weighted by molar-refractivity contribution is -0.140. The van der Waals surface area contributed by atoms with Gasteiger partial charge in [0, 0.05) is 32.0 Å². The van der Waals surface area contributed by atoms with E-state index in [-0.39, 0.29) is 79.9 Å². The van der Waals surface area contributed by atoms with Crippen LogP contribution in [0, 0.1) is 17.6 Å². The fraction of sp³-hybridized carbons (Fsp3) is 0.423. The lowest BCUT2D eigenvalue weighted by Crippen LogP contribution is -2.33. The summed E-state index contributed by atoms with van der Waals surface area (Å²) in [6.07, 6.45) is 0.0893. The molecule has 0 aliphatic carbocycles. The van der Waals surface area contributed by atoms with Crippen molar-refractivity contribution in [1.29, 1.82) is 0 Å². The van der Waals surface area contributed by atoms with E-state index in [1.807, 2.05) is 18.7 Å². The number of carboxylic acids is 1. The summed E-state index contributed by atoms with van der Waals surface area (Å²) < 4.78 is 34.4. The molecule has 3 rings (SSSR count). The van der Waals surface area contributed by atoms with E-state index in [0.717, 1.165) is 4.90 Å². The molecule has 1 N–H and O–H groups in total. The maximum atomic E-state index is 14.8. The van der Waals surface area contributed by atoms with Crippen LogP contribution < -0.4 is 4.74 Å². The molecular weight excluding hydrogens is 529 g/mol. The zero-order chi connectivity index (χ0) is 26.4. The van der Waals surface area contributed by atoms with Crippen LogP contribution >= 0.6 is 24.0 Å². The number of hydrogen-bond donors (Lipinski definition) is 1. The predicted octanol–water partition coefficient (Wildman–Crippen LogP) is 5.24. The second-order valence-electron chi connectivity index (χ2n) is 9.16. The fourth-order valence-electron chi connectivity index (χ4n) is 4.23. The molecule has 1 heterocycles. The van der Waals surface area contributed by atoms with Crippen LogP contribution in [0.5, 0.6) is 5.75 Å². The molecule has 11 heteroatoms. The third-order valence-electron chi connectivity index (χ3n) is 5.85. The van der Waals surface area contributed by atoms with Gasteiger partial charge in [0.25, 0.3) is 0 Å².